The molecule has 0 bridgehead atoms. The van der Waals surface area contributed by atoms with Gasteiger partial charge in [-0.15, -0.1) is 10.2 Å². The zero-order valence-electron chi connectivity index (χ0n) is 24.7. The zero-order valence-corrected chi connectivity index (χ0v) is 26.3. The molecule has 1 unspecified atom stereocenters. The van der Waals surface area contributed by atoms with Crippen molar-refractivity contribution < 1.29 is 28.9 Å². The first-order chi connectivity index (χ1) is 21.4. The fraction of sp³-hybridized carbons (Fsp3) is 0.273. The number of carbonyl (C=O) groups excluding carboxylic acids is 2. The van der Waals surface area contributed by atoms with Gasteiger partial charge in [-0.2, -0.15) is 0 Å². The molecule has 11 heteroatoms. The average molecular weight is 632 g/mol. The number of aliphatic hydroxyl groups is 1. The number of Topliss-reactive ketones (excluding diaryl/α,β-unsaturated/α-hetero) is 1. The van der Waals surface area contributed by atoms with Gasteiger partial charge < -0.3 is 19.3 Å². The molecule has 44 heavy (non-hydrogen) atoms. The number of anilines is 1. The number of amides is 1. The fourth-order valence-electron chi connectivity index (χ4n) is 4.75. The monoisotopic (exact) mass is 631 g/mol. The largest absolute Gasteiger partial charge is 0.507 e. The lowest BCUT2D eigenvalue weighted by Crippen LogP contribution is -2.29. The molecule has 4 aromatic rings. The van der Waals surface area contributed by atoms with E-state index < -0.39 is 17.7 Å². The van der Waals surface area contributed by atoms with Crippen LogP contribution in [0.4, 0.5) is 5.13 Å². The van der Waals surface area contributed by atoms with Gasteiger partial charge in [0.05, 0.1) is 31.4 Å². The molecule has 0 saturated carbocycles. The third-order valence-corrected chi connectivity index (χ3v) is 8.86. The molecule has 228 valence electrons. The predicted molar refractivity (Wildman–Crippen MR) is 172 cm³/mol. The standard InChI is InChI=1S/C33H33N3O6S2/c1-4-18-42-25-17-14-23(19-26(25)41-6-3)28-27(29(37)22-12-15-24(16-13-22)40-5-2)30(38)31(39)36(28)32-34-35-33(44-32)43-20-21-10-8-7-9-11-21/h7-17,19,28,37H,4-6,18,20H2,1-3H3/b29-27+. The van der Waals surface area contributed by atoms with Crippen LogP contribution in [-0.4, -0.2) is 46.8 Å². The maximum absolute atomic E-state index is 13.7. The van der Waals surface area contributed by atoms with E-state index in [9.17, 15) is 14.7 Å². The molecule has 1 fully saturated rings. The molecular weight excluding hydrogens is 599 g/mol. The summed E-state index contributed by atoms with van der Waals surface area (Å²) >= 11 is 2.71. The Kier molecular flexibility index (Phi) is 10.2. The minimum Gasteiger partial charge on any atom is -0.507 e. The zero-order chi connectivity index (χ0) is 31.1. The van der Waals surface area contributed by atoms with E-state index in [0.717, 1.165) is 12.0 Å². The van der Waals surface area contributed by atoms with Gasteiger partial charge in [0, 0.05) is 11.3 Å². The first-order valence-corrected chi connectivity index (χ1v) is 16.2. The summed E-state index contributed by atoms with van der Waals surface area (Å²) in [4.78, 5) is 28.6. The molecule has 1 N–H and O–H groups in total. The Morgan fingerprint density at radius 3 is 2.36 bits per heavy atom. The number of benzene rings is 3. The molecule has 0 aliphatic carbocycles. The summed E-state index contributed by atoms with van der Waals surface area (Å²) in [5.74, 6) is 0.400. The maximum atomic E-state index is 13.7. The summed E-state index contributed by atoms with van der Waals surface area (Å²) < 4.78 is 17.9. The van der Waals surface area contributed by atoms with Gasteiger partial charge in [-0.05, 0) is 67.8 Å². The third-order valence-electron chi connectivity index (χ3n) is 6.74. The second-order valence-corrected chi connectivity index (χ2v) is 11.9. The molecule has 0 spiro atoms. The highest BCUT2D eigenvalue weighted by molar-refractivity contribution is 8.00. The van der Waals surface area contributed by atoms with Crippen molar-refractivity contribution in [2.24, 2.45) is 0 Å². The van der Waals surface area contributed by atoms with Gasteiger partial charge in [-0.25, -0.2) is 0 Å². The minimum absolute atomic E-state index is 0.0578. The topological polar surface area (TPSA) is 111 Å². The summed E-state index contributed by atoms with van der Waals surface area (Å²) in [7, 11) is 0. The molecule has 1 atom stereocenters. The number of nitrogens with zero attached hydrogens (tertiary/aromatic N) is 3. The third kappa shape index (κ3) is 6.74. The number of aromatic nitrogens is 2. The van der Waals surface area contributed by atoms with Crippen molar-refractivity contribution in [1.29, 1.82) is 0 Å². The molecular formula is C33H33N3O6S2. The molecule has 1 aliphatic heterocycles. The molecule has 1 aliphatic rings. The van der Waals surface area contributed by atoms with E-state index in [1.54, 1.807) is 42.5 Å². The van der Waals surface area contributed by atoms with Crippen LogP contribution >= 0.6 is 23.1 Å². The predicted octanol–water partition coefficient (Wildman–Crippen LogP) is 7.04. The Balaban J connectivity index is 1.58. The normalized spacial score (nSPS) is 15.9. The van der Waals surface area contributed by atoms with Crippen molar-refractivity contribution in [2.45, 2.75) is 43.3 Å². The lowest BCUT2D eigenvalue weighted by molar-refractivity contribution is -0.132. The van der Waals surface area contributed by atoms with Gasteiger partial charge in [0.2, 0.25) is 5.13 Å². The molecule has 0 radical (unpaired) electrons. The Bertz CT molecular complexity index is 1640. The molecule has 2 heterocycles. The van der Waals surface area contributed by atoms with Crippen LogP contribution in [0.5, 0.6) is 17.2 Å². The quantitative estimate of drug-likeness (QED) is 0.0546. The number of ketones is 1. The summed E-state index contributed by atoms with van der Waals surface area (Å²) in [6.07, 6.45) is 0.817. The molecule has 3 aromatic carbocycles. The van der Waals surface area contributed by atoms with Crippen LogP contribution in [0.15, 0.2) is 82.7 Å². The smallest absolute Gasteiger partial charge is 0.301 e. The highest BCUT2D eigenvalue weighted by Gasteiger charge is 2.48. The Hall–Kier alpha value is -4.35. The summed E-state index contributed by atoms with van der Waals surface area (Å²) in [5.41, 5.74) is 2.00. The number of aliphatic hydroxyl groups excluding tert-OH is 1. The van der Waals surface area contributed by atoms with E-state index in [-0.39, 0.29) is 16.5 Å². The van der Waals surface area contributed by atoms with Gasteiger partial charge in [-0.1, -0.05) is 66.4 Å². The number of rotatable bonds is 13. The van der Waals surface area contributed by atoms with E-state index in [4.69, 9.17) is 14.2 Å². The van der Waals surface area contributed by atoms with E-state index in [0.29, 0.717) is 58.3 Å². The molecule has 1 saturated heterocycles. The van der Waals surface area contributed by atoms with Crippen LogP contribution in [-0.2, 0) is 15.3 Å². The van der Waals surface area contributed by atoms with Gasteiger partial charge >= 0.3 is 5.91 Å². The highest BCUT2D eigenvalue weighted by atomic mass is 32.2. The second kappa shape index (κ2) is 14.4. The number of hydrogen-bond acceptors (Lipinski definition) is 10. The maximum Gasteiger partial charge on any atom is 0.301 e. The van der Waals surface area contributed by atoms with Crippen LogP contribution in [0.2, 0.25) is 0 Å². The van der Waals surface area contributed by atoms with E-state index in [1.807, 2.05) is 51.1 Å². The molecule has 5 rings (SSSR count). The van der Waals surface area contributed by atoms with Crippen LogP contribution < -0.4 is 19.1 Å². The van der Waals surface area contributed by atoms with E-state index >= 15 is 0 Å². The lowest BCUT2D eigenvalue weighted by atomic mass is 9.95. The number of carbonyl (C=O) groups is 2. The molecule has 9 nitrogen and oxygen atoms in total. The van der Waals surface area contributed by atoms with Crippen molar-refractivity contribution >= 4 is 45.7 Å². The van der Waals surface area contributed by atoms with Gasteiger partial charge in [0.25, 0.3) is 5.78 Å². The molecule has 1 aromatic heterocycles. The van der Waals surface area contributed by atoms with Crippen molar-refractivity contribution in [3.63, 3.8) is 0 Å². The fourth-order valence-corrected chi connectivity index (χ4v) is 6.57. The van der Waals surface area contributed by atoms with Gasteiger partial charge in [-0.3, -0.25) is 14.5 Å². The van der Waals surface area contributed by atoms with Crippen molar-refractivity contribution in [3.8, 4) is 17.2 Å². The van der Waals surface area contributed by atoms with E-state index in [1.165, 1.54) is 28.0 Å². The SMILES string of the molecule is CCCOc1ccc(C2/C(=C(\O)c3ccc(OCC)cc3)C(=O)C(=O)N2c2nnc(SCc3ccccc3)s2)cc1OCC. The Morgan fingerprint density at radius 2 is 1.66 bits per heavy atom. The van der Waals surface area contributed by atoms with Crippen LogP contribution in [0.1, 0.15) is 49.9 Å². The number of ether oxygens (including phenoxy) is 3. The first kappa shape index (κ1) is 31.1. The summed E-state index contributed by atoms with van der Waals surface area (Å²) in [6.45, 7) is 7.13. The molecule has 1 amide bonds. The summed E-state index contributed by atoms with van der Waals surface area (Å²) in [6, 6.07) is 21.0. The van der Waals surface area contributed by atoms with Crippen molar-refractivity contribution in [2.75, 3.05) is 24.7 Å². The lowest BCUT2D eigenvalue weighted by Gasteiger charge is -2.23. The van der Waals surface area contributed by atoms with E-state index in [2.05, 4.69) is 10.2 Å². The van der Waals surface area contributed by atoms with Crippen LogP contribution in [0.3, 0.4) is 0 Å². The van der Waals surface area contributed by atoms with Crippen LogP contribution in [0, 0.1) is 0 Å². The number of hydrogen-bond donors (Lipinski definition) is 1. The van der Waals surface area contributed by atoms with Gasteiger partial charge in [0.1, 0.15) is 11.5 Å². The summed E-state index contributed by atoms with van der Waals surface area (Å²) in [5, 5.41) is 20.4. The van der Waals surface area contributed by atoms with Crippen molar-refractivity contribution in [1.82, 2.24) is 10.2 Å². The van der Waals surface area contributed by atoms with Crippen LogP contribution in [0.25, 0.3) is 5.76 Å². The minimum atomic E-state index is -0.985. The van der Waals surface area contributed by atoms with Crippen molar-refractivity contribution in [3.05, 3.63) is 95.1 Å². The highest BCUT2D eigenvalue weighted by Crippen LogP contribution is 2.45. The Morgan fingerprint density at radius 1 is 0.909 bits per heavy atom. The Labute approximate surface area is 264 Å². The average Bonchev–Trinajstić information content (AvgIpc) is 3.62. The first-order valence-electron chi connectivity index (χ1n) is 14.4. The second-order valence-electron chi connectivity index (χ2n) is 9.74. The van der Waals surface area contributed by atoms with Gasteiger partial charge in [0.15, 0.2) is 15.8 Å². The number of thioether (sulfide) groups is 1.